The number of aliphatic carboxylic acids is 1. The highest BCUT2D eigenvalue weighted by atomic mass is 16.4. The minimum atomic E-state index is -0.991. The number of carbonyl (C=O) groups is 2. The Kier molecular flexibility index (Phi) is 4.27. The Hall–Kier alpha value is -1.32. The highest BCUT2D eigenvalue weighted by Crippen LogP contribution is 2.33. The molecule has 0 bridgehead atoms. The number of likely N-dealkylation sites (tertiary alicyclic amines) is 1. The Morgan fingerprint density at radius 2 is 1.95 bits per heavy atom. The van der Waals surface area contributed by atoms with Crippen molar-refractivity contribution in [1.29, 1.82) is 0 Å². The van der Waals surface area contributed by atoms with Crippen LogP contribution in [-0.4, -0.2) is 34.0 Å². The van der Waals surface area contributed by atoms with E-state index < -0.39 is 11.5 Å². The van der Waals surface area contributed by atoms with Crippen LogP contribution < -0.4 is 0 Å². The second kappa shape index (κ2) is 5.76. The molecule has 0 radical (unpaired) electrons. The first kappa shape index (κ1) is 14.1. The molecule has 0 spiro atoms. The lowest BCUT2D eigenvalue weighted by Crippen LogP contribution is -2.52. The molecule has 1 fully saturated rings. The summed E-state index contributed by atoms with van der Waals surface area (Å²) in [6, 6.07) is 0. The van der Waals surface area contributed by atoms with Gasteiger partial charge in [-0.25, -0.2) is 4.79 Å². The van der Waals surface area contributed by atoms with Gasteiger partial charge >= 0.3 is 5.97 Å². The van der Waals surface area contributed by atoms with Gasteiger partial charge in [-0.15, -0.1) is 0 Å². The molecule has 0 aromatic rings. The summed E-state index contributed by atoms with van der Waals surface area (Å²) < 4.78 is 0. The van der Waals surface area contributed by atoms with Crippen LogP contribution in [0.5, 0.6) is 0 Å². The molecule has 1 heterocycles. The lowest BCUT2D eigenvalue weighted by atomic mass is 9.91. The quantitative estimate of drug-likeness (QED) is 0.781. The number of carbonyl (C=O) groups excluding carboxylic acids is 1. The molecule has 1 amide bonds. The van der Waals surface area contributed by atoms with Gasteiger partial charge in [0.15, 0.2) is 0 Å². The minimum Gasteiger partial charge on any atom is -0.480 e. The maximum absolute atomic E-state index is 12.6. The van der Waals surface area contributed by atoms with Crippen LogP contribution in [0.1, 0.15) is 51.9 Å². The van der Waals surface area contributed by atoms with Gasteiger partial charge in [-0.05, 0) is 51.9 Å². The van der Waals surface area contributed by atoms with Crippen molar-refractivity contribution in [3.63, 3.8) is 0 Å². The SMILES string of the molecule is CC1(C(=O)O)CCCN1C(=O)C1CC/C=C\CCC1. The van der Waals surface area contributed by atoms with Gasteiger partial charge in [0.05, 0.1) is 0 Å². The van der Waals surface area contributed by atoms with Gasteiger partial charge in [0.2, 0.25) is 5.91 Å². The van der Waals surface area contributed by atoms with Crippen molar-refractivity contribution in [3.8, 4) is 0 Å². The van der Waals surface area contributed by atoms with E-state index in [9.17, 15) is 14.7 Å². The van der Waals surface area contributed by atoms with E-state index in [0.29, 0.717) is 13.0 Å². The molecule has 106 valence electrons. The van der Waals surface area contributed by atoms with E-state index in [-0.39, 0.29) is 11.8 Å². The van der Waals surface area contributed by atoms with Crippen LogP contribution in [0.15, 0.2) is 12.2 Å². The van der Waals surface area contributed by atoms with Gasteiger partial charge in [-0.2, -0.15) is 0 Å². The highest BCUT2D eigenvalue weighted by Gasteiger charge is 2.47. The molecule has 0 saturated carbocycles. The average Bonchev–Trinajstić information content (AvgIpc) is 2.71. The van der Waals surface area contributed by atoms with Crippen molar-refractivity contribution >= 4 is 11.9 Å². The van der Waals surface area contributed by atoms with Gasteiger partial charge in [-0.1, -0.05) is 12.2 Å². The fraction of sp³-hybridized carbons (Fsp3) is 0.733. The second-order valence-electron chi connectivity index (χ2n) is 5.85. The van der Waals surface area contributed by atoms with Crippen LogP contribution in [0, 0.1) is 5.92 Å². The van der Waals surface area contributed by atoms with Crippen molar-refractivity contribution in [2.45, 2.75) is 57.4 Å². The van der Waals surface area contributed by atoms with Crippen molar-refractivity contribution in [2.24, 2.45) is 5.92 Å². The molecule has 0 aromatic heterocycles. The van der Waals surface area contributed by atoms with Crippen LogP contribution in [-0.2, 0) is 9.59 Å². The third-order valence-corrected chi connectivity index (χ3v) is 4.49. The van der Waals surface area contributed by atoms with Crippen LogP contribution in [0.4, 0.5) is 0 Å². The zero-order valence-corrected chi connectivity index (χ0v) is 11.6. The van der Waals surface area contributed by atoms with E-state index >= 15 is 0 Å². The first-order valence-electron chi connectivity index (χ1n) is 7.25. The van der Waals surface area contributed by atoms with Crippen LogP contribution in [0.25, 0.3) is 0 Å². The van der Waals surface area contributed by atoms with Crippen LogP contribution in [0.3, 0.4) is 0 Å². The summed E-state index contributed by atoms with van der Waals surface area (Å²) in [7, 11) is 0. The van der Waals surface area contributed by atoms with Crippen LogP contribution in [0.2, 0.25) is 0 Å². The molecule has 1 N–H and O–H groups in total. The van der Waals surface area contributed by atoms with Gasteiger partial charge < -0.3 is 10.0 Å². The average molecular weight is 265 g/mol. The van der Waals surface area contributed by atoms with Crippen LogP contribution >= 0.6 is 0 Å². The van der Waals surface area contributed by atoms with Crippen molar-refractivity contribution in [2.75, 3.05) is 6.54 Å². The molecule has 4 nitrogen and oxygen atoms in total. The monoisotopic (exact) mass is 265 g/mol. The summed E-state index contributed by atoms with van der Waals surface area (Å²) in [6.45, 7) is 2.27. The molecular weight excluding hydrogens is 242 g/mol. The maximum Gasteiger partial charge on any atom is 0.329 e. The highest BCUT2D eigenvalue weighted by molar-refractivity contribution is 5.88. The predicted octanol–water partition coefficient (Wildman–Crippen LogP) is 2.59. The largest absolute Gasteiger partial charge is 0.480 e. The molecular formula is C15H23NO3. The number of allylic oxidation sites excluding steroid dienone is 2. The topological polar surface area (TPSA) is 57.6 Å². The first-order chi connectivity index (χ1) is 9.05. The van der Waals surface area contributed by atoms with Gasteiger partial charge in [0.1, 0.15) is 5.54 Å². The van der Waals surface area contributed by atoms with Crippen molar-refractivity contribution < 1.29 is 14.7 Å². The summed E-state index contributed by atoms with van der Waals surface area (Å²) in [5.74, 6) is -0.816. The normalized spacial score (nSPS) is 33.5. The predicted molar refractivity (Wildman–Crippen MR) is 72.7 cm³/mol. The molecule has 1 saturated heterocycles. The number of rotatable bonds is 2. The lowest BCUT2D eigenvalue weighted by Gasteiger charge is -2.34. The summed E-state index contributed by atoms with van der Waals surface area (Å²) in [5, 5.41) is 9.39. The molecule has 1 aliphatic heterocycles. The molecule has 1 aliphatic carbocycles. The Labute approximate surface area is 114 Å². The summed E-state index contributed by atoms with van der Waals surface area (Å²) in [6.07, 6.45) is 10.4. The lowest BCUT2D eigenvalue weighted by molar-refractivity contribution is -0.157. The Morgan fingerprint density at radius 3 is 2.68 bits per heavy atom. The van der Waals surface area contributed by atoms with E-state index in [1.54, 1.807) is 11.8 Å². The second-order valence-corrected chi connectivity index (χ2v) is 5.85. The third-order valence-electron chi connectivity index (χ3n) is 4.49. The molecule has 0 aromatic carbocycles. The van der Waals surface area contributed by atoms with E-state index in [2.05, 4.69) is 12.2 Å². The minimum absolute atomic E-state index is 0.00160. The van der Waals surface area contributed by atoms with E-state index in [4.69, 9.17) is 0 Å². The van der Waals surface area contributed by atoms with E-state index in [0.717, 1.165) is 38.5 Å². The van der Waals surface area contributed by atoms with Crippen molar-refractivity contribution in [3.05, 3.63) is 12.2 Å². The molecule has 2 rings (SSSR count). The number of amides is 1. The van der Waals surface area contributed by atoms with Gasteiger partial charge in [-0.3, -0.25) is 4.79 Å². The Morgan fingerprint density at radius 1 is 1.21 bits per heavy atom. The summed E-state index contributed by atoms with van der Waals surface area (Å²) >= 11 is 0. The number of carboxylic acids is 1. The van der Waals surface area contributed by atoms with E-state index in [1.165, 1.54) is 0 Å². The molecule has 2 aliphatic rings. The smallest absolute Gasteiger partial charge is 0.329 e. The molecule has 19 heavy (non-hydrogen) atoms. The van der Waals surface area contributed by atoms with E-state index in [1.807, 2.05) is 0 Å². The number of hydrogen-bond donors (Lipinski definition) is 1. The summed E-state index contributed by atoms with van der Waals surface area (Å²) in [4.78, 5) is 25.7. The standard InChI is InChI=1S/C15H23NO3/c1-15(14(18)19)10-7-11-16(15)13(17)12-8-5-3-2-4-6-9-12/h2-3,12H,4-11H2,1H3,(H,18,19)/b3-2-. The Bertz CT molecular complexity index is 391. The fourth-order valence-electron chi connectivity index (χ4n) is 3.17. The maximum atomic E-state index is 12.6. The molecule has 2 atom stereocenters. The number of hydrogen-bond acceptors (Lipinski definition) is 2. The zero-order valence-electron chi connectivity index (χ0n) is 11.6. The van der Waals surface area contributed by atoms with Crippen molar-refractivity contribution in [1.82, 2.24) is 4.90 Å². The number of nitrogens with zero attached hydrogens (tertiary/aromatic N) is 1. The molecule has 4 heteroatoms. The van der Waals surface area contributed by atoms with Gasteiger partial charge in [0, 0.05) is 12.5 Å². The zero-order chi connectivity index (χ0) is 13.9. The van der Waals surface area contributed by atoms with Gasteiger partial charge in [0.25, 0.3) is 0 Å². The fourth-order valence-corrected chi connectivity index (χ4v) is 3.17. The molecule has 2 unspecified atom stereocenters. The Balaban J connectivity index is 2.09. The summed E-state index contributed by atoms with van der Waals surface area (Å²) in [5.41, 5.74) is -0.991. The first-order valence-corrected chi connectivity index (χ1v) is 7.25. The third kappa shape index (κ3) is 2.82. The number of carboxylic acid groups (broad SMARTS) is 1.